The van der Waals surface area contributed by atoms with Gasteiger partial charge in [0.15, 0.2) is 5.16 Å². The molecule has 0 radical (unpaired) electrons. The molecule has 0 fully saturated rings. The molecule has 0 atom stereocenters. The number of alkyl halides is 2. The summed E-state index contributed by atoms with van der Waals surface area (Å²) in [6.45, 7) is 4.53. The van der Waals surface area contributed by atoms with Crippen LogP contribution in [0.1, 0.15) is 46.0 Å². The molecular formula is C20H27F2N5O2S2. The second-order valence-corrected chi connectivity index (χ2v) is 9.84. The molecule has 0 aliphatic rings. The van der Waals surface area contributed by atoms with E-state index in [4.69, 9.17) is 0 Å². The maximum Gasteiger partial charge on any atom is 0.319 e. The van der Waals surface area contributed by atoms with Crippen LogP contribution in [-0.4, -0.2) is 44.9 Å². The standard InChI is InChI=1S/C20H27F2N5O2S2/c1-4-7-11-26-17-9-8-15(31(28,29)25(5-2)6-3)13-16(17)24-20(26)30-14-18-23-10-12-27(18)19(21)22/h8-10,12-13,19H,4-7,11,14H2,1-3H3. The Morgan fingerprint density at radius 2 is 1.94 bits per heavy atom. The van der Waals surface area contributed by atoms with E-state index >= 15 is 0 Å². The smallest absolute Gasteiger partial charge is 0.319 e. The quantitative estimate of drug-likeness (QED) is 0.377. The topological polar surface area (TPSA) is 73.0 Å². The Labute approximate surface area is 185 Å². The first-order valence-electron chi connectivity index (χ1n) is 10.3. The summed E-state index contributed by atoms with van der Waals surface area (Å²) in [4.78, 5) is 8.87. The summed E-state index contributed by atoms with van der Waals surface area (Å²) in [5, 5.41) is 0.657. The van der Waals surface area contributed by atoms with Gasteiger partial charge in [-0.05, 0) is 24.6 Å². The van der Waals surface area contributed by atoms with Gasteiger partial charge in [-0.3, -0.25) is 4.57 Å². The van der Waals surface area contributed by atoms with Crippen molar-refractivity contribution in [3.63, 3.8) is 0 Å². The number of halogens is 2. The highest BCUT2D eigenvalue weighted by Gasteiger charge is 2.23. The number of aryl methyl sites for hydroxylation is 1. The highest BCUT2D eigenvalue weighted by molar-refractivity contribution is 7.98. The number of thioether (sulfide) groups is 1. The SMILES string of the molecule is CCCCn1c(SCc2nccn2C(F)F)nc2cc(S(=O)(=O)N(CC)CC)ccc21. The molecule has 0 aliphatic carbocycles. The first kappa shape index (κ1) is 23.7. The van der Waals surface area contributed by atoms with Gasteiger partial charge in [-0.15, -0.1) is 0 Å². The number of unbranched alkanes of at least 4 members (excludes halogenated alkanes) is 1. The predicted octanol–water partition coefficient (Wildman–Crippen LogP) is 4.75. The molecule has 2 heterocycles. The van der Waals surface area contributed by atoms with Crippen LogP contribution in [0, 0.1) is 0 Å². The molecule has 170 valence electrons. The highest BCUT2D eigenvalue weighted by Crippen LogP contribution is 2.30. The average molecular weight is 472 g/mol. The average Bonchev–Trinajstić information content (AvgIpc) is 3.35. The molecule has 1 aromatic carbocycles. The number of nitrogens with zero attached hydrogens (tertiary/aromatic N) is 5. The van der Waals surface area contributed by atoms with Crippen LogP contribution < -0.4 is 0 Å². The van der Waals surface area contributed by atoms with Gasteiger partial charge < -0.3 is 4.57 Å². The minimum absolute atomic E-state index is 0.202. The number of hydrogen-bond donors (Lipinski definition) is 0. The van der Waals surface area contributed by atoms with Crippen LogP contribution in [0.4, 0.5) is 8.78 Å². The Morgan fingerprint density at radius 3 is 2.58 bits per heavy atom. The van der Waals surface area contributed by atoms with E-state index < -0.39 is 16.6 Å². The van der Waals surface area contributed by atoms with E-state index in [1.165, 1.54) is 28.5 Å². The molecule has 0 spiro atoms. The maximum absolute atomic E-state index is 13.1. The van der Waals surface area contributed by atoms with Crippen molar-refractivity contribution in [2.75, 3.05) is 13.1 Å². The zero-order chi connectivity index (χ0) is 22.6. The van der Waals surface area contributed by atoms with Gasteiger partial charge >= 0.3 is 6.55 Å². The Kier molecular flexibility index (Phi) is 7.71. The summed E-state index contributed by atoms with van der Waals surface area (Å²) in [6, 6.07) is 4.98. The lowest BCUT2D eigenvalue weighted by Gasteiger charge is -2.18. The van der Waals surface area contributed by atoms with Gasteiger partial charge in [-0.2, -0.15) is 13.1 Å². The zero-order valence-corrected chi connectivity index (χ0v) is 19.5. The molecule has 31 heavy (non-hydrogen) atoms. The third-order valence-corrected chi connectivity index (χ3v) is 8.07. The number of hydrogen-bond acceptors (Lipinski definition) is 5. The molecule has 0 saturated heterocycles. The Hall–Kier alpha value is -1.98. The largest absolute Gasteiger partial charge is 0.319 e. The number of imidazole rings is 2. The lowest BCUT2D eigenvalue weighted by molar-refractivity contribution is 0.0678. The first-order valence-corrected chi connectivity index (χ1v) is 12.7. The van der Waals surface area contributed by atoms with E-state index in [1.807, 2.05) is 4.57 Å². The molecule has 11 heteroatoms. The molecule has 0 saturated carbocycles. The van der Waals surface area contributed by atoms with Crippen molar-refractivity contribution in [1.82, 2.24) is 23.4 Å². The van der Waals surface area contributed by atoms with Gasteiger partial charge in [0, 0.05) is 32.0 Å². The van der Waals surface area contributed by atoms with Crippen LogP contribution in [0.2, 0.25) is 0 Å². The van der Waals surface area contributed by atoms with Crippen LogP contribution in [0.25, 0.3) is 11.0 Å². The van der Waals surface area contributed by atoms with E-state index in [-0.39, 0.29) is 16.5 Å². The molecule has 0 amide bonds. The van der Waals surface area contributed by atoms with Crippen molar-refractivity contribution in [3.05, 3.63) is 36.4 Å². The van der Waals surface area contributed by atoms with Crippen molar-refractivity contribution in [2.24, 2.45) is 0 Å². The van der Waals surface area contributed by atoms with Crippen molar-refractivity contribution < 1.29 is 17.2 Å². The van der Waals surface area contributed by atoms with Gasteiger partial charge in [-0.1, -0.05) is 39.0 Å². The molecule has 0 aliphatic heterocycles. The molecule has 3 aromatic rings. The second kappa shape index (κ2) is 10.1. The summed E-state index contributed by atoms with van der Waals surface area (Å²) in [7, 11) is -3.60. The predicted molar refractivity (Wildman–Crippen MR) is 118 cm³/mol. The fourth-order valence-electron chi connectivity index (χ4n) is 3.37. The van der Waals surface area contributed by atoms with Crippen molar-refractivity contribution >= 4 is 32.8 Å². The van der Waals surface area contributed by atoms with Gasteiger partial charge in [0.1, 0.15) is 5.82 Å². The van der Waals surface area contributed by atoms with Crippen molar-refractivity contribution in [2.45, 2.75) is 62.5 Å². The molecular weight excluding hydrogens is 444 g/mol. The lowest BCUT2D eigenvalue weighted by atomic mass is 10.3. The Morgan fingerprint density at radius 1 is 1.19 bits per heavy atom. The number of fused-ring (bicyclic) bond motifs is 1. The highest BCUT2D eigenvalue weighted by atomic mass is 32.2. The minimum Gasteiger partial charge on any atom is -0.319 e. The van der Waals surface area contributed by atoms with E-state index in [0.717, 1.165) is 22.9 Å². The molecule has 0 unspecified atom stereocenters. The van der Waals surface area contributed by atoms with Crippen molar-refractivity contribution in [3.8, 4) is 0 Å². The van der Waals surface area contributed by atoms with Crippen LogP contribution in [0.3, 0.4) is 0 Å². The molecule has 2 aromatic heterocycles. The fourth-order valence-corrected chi connectivity index (χ4v) is 5.83. The first-order chi connectivity index (χ1) is 14.8. The van der Waals surface area contributed by atoms with E-state index in [2.05, 4.69) is 16.9 Å². The van der Waals surface area contributed by atoms with Gasteiger partial charge in [0.2, 0.25) is 10.0 Å². The summed E-state index contributed by atoms with van der Waals surface area (Å²) in [6.07, 6.45) is 4.51. The lowest BCUT2D eigenvalue weighted by Crippen LogP contribution is -2.30. The van der Waals surface area contributed by atoms with Gasteiger partial charge in [0.25, 0.3) is 0 Å². The molecule has 0 bridgehead atoms. The van der Waals surface area contributed by atoms with Gasteiger partial charge in [-0.25, -0.2) is 18.4 Å². The fraction of sp³-hybridized carbons (Fsp3) is 0.500. The monoisotopic (exact) mass is 471 g/mol. The number of benzene rings is 1. The van der Waals surface area contributed by atoms with E-state index in [0.29, 0.717) is 30.3 Å². The van der Waals surface area contributed by atoms with Gasteiger partial charge in [0.05, 0.1) is 21.7 Å². The van der Waals surface area contributed by atoms with Crippen LogP contribution >= 0.6 is 11.8 Å². The number of aromatic nitrogens is 4. The van der Waals surface area contributed by atoms with Crippen LogP contribution in [-0.2, 0) is 22.3 Å². The summed E-state index contributed by atoms with van der Waals surface area (Å²) in [5.41, 5.74) is 1.40. The van der Waals surface area contributed by atoms with Crippen LogP contribution in [0.5, 0.6) is 0 Å². The summed E-state index contributed by atoms with van der Waals surface area (Å²) in [5.74, 6) is 0.496. The summed E-state index contributed by atoms with van der Waals surface area (Å²) < 4.78 is 56.3. The number of rotatable bonds is 11. The summed E-state index contributed by atoms with van der Waals surface area (Å²) >= 11 is 1.32. The maximum atomic E-state index is 13.1. The Bertz CT molecular complexity index is 1120. The minimum atomic E-state index is -3.60. The van der Waals surface area contributed by atoms with Crippen molar-refractivity contribution in [1.29, 1.82) is 0 Å². The second-order valence-electron chi connectivity index (χ2n) is 6.96. The van der Waals surface area contributed by atoms with E-state index in [9.17, 15) is 17.2 Å². The number of sulfonamides is 1. The van der Waals surface area contributed by atoms with Crippen LogP contribution in [0.15, 0.2) is 40.6 Å². The Balaban J connectivity index is 1.97. The third-order valence-electron chi connectivity index (χ3n) is 5.05. The molecule has 0 N–H and O–H groups in total. The zero-order valence-electron chi connectivity index (χ0n) is 17.8. The molecule has 3 rings (SSSR count). The normalized spacial score (nSPS) is 12.5. The third kappa shape index (κ3) is 4.93. The molecule has 7 nitrogen and oxygen atoms in total. The van der Waals surface area contributed by atoms with E-state index in [1.54, 1.807) is 32.0 Å².